The summed E-state index contributed by atoms with van der Waals surface area (Å²) in [7, 11) is 1.76. The van der Waals surface area contributed by atoms with Crippen LogP contribution in [0.1, 0.15) is 22.3 Å². The molecule has 2 aromatic rings. The molecule has 0 heterocycles. The van der Waals surface area contributed by atoms with Crippen molar-refractivity contribution < 1.29 is 9.59 Å². The van der Waals surface area contributed by atoms with Gasteiger partial charge in [0, 0.05) is 12.2 Å². The van der Waals surface area contributed by atoms with E-state index in [0.29, 0.717) is 6.54 Å². The maximum absolute atomic E-state index is 12.2. The van der Waals surface area contributed by atoms with Crippen molar-refractivity contribution in [2.45, 2.75) is 27.3 Å². The number of likely N-dealkylation sites (N-methyl/N-ethyl adjacent to an activating group) is 1. The monoisotopic (exact) mass is 353 g/mol. The molecule has 0 aliphatic rings. The molecule has 0 saturated carbocycles. The highest BCUT2D eigenvalue weighted by Crippen LogP contribution is 2.17. The van der Waals surface area contributed by atoms with Gasteiger partial charge in [-0.2, -0.15) is 0 Å². The second-order valence-corrected chi connectivity index (χ2v) is 6.73. The van der Waals surface area contributed by atoms with Gasteiger partial charge in [-0.25, -0.2) is 0 Å². The number of carbonyl (C=O) groups excluding carboxylic acids is 2. The van der Waals surface area contributed by atoms with E-state index in [1.54, 1.807) is 11.9 Å². The summed E-state index contributed by atoms with van der Waals surface area (Å²) in [6, 6.07) is 13.8. The van der Waals surface area contributed by atoms with Gasteiger partial charge >= 0.3 is 0 Å². The molecule has 2 N–H and O–H groups in total. The van der Waals surface area contributed by atoms with Crippen LogP contribution in [0.2, 0.25) is 0 Å². The Morgan fingerprint density at radius 2 is 1.58 bits per heavy atom. The molecule has 26 heavy (non-hydrogen) atoms. The average molecular weight is 353 g/mol. The van der Waals surface area contributed by atoms with E-state index >= 15 is 0 Å². The van der Waals surface area contributed by atoms with Gasteiger partial charge in [-0.1, -0.05) is 42.0 Å². The number of benzene rings is 2. The van der Waals surface area contributed by atoms with E-state index in [9.17, 15) is 9.59 Å². The van der Waals surface area contributed by atoms with Crippen molar-refractivity contribution in [2.75, 3.05) is 25.5 Å². The third-order valence-corrected chi connectivity index (χ3v) is 4.32. The van der Waals surface area contributed by atoms with Gasteiger partial charge < -0.3 is 10.6 Å². The van der Waals surface area contributed by atoms with Crippen LogP contribution < -0.4 is 10.6 Å². The fraction of sp³-hybridized carbons (Fsp3) is 0.333. The summed E-state index contributed by atoms with van der Waals surface area (Å²) in [4.78, 5) is 25.9. The molecule has 0 saturated heterocycles. The van der Waals surface area contributed by atoms with Crippen LogP contribution in [0.25, 0.3) is 0 Å². The Hall–Kier alpha value is -2.66. The standard InChI is InChI=1S/C21H27N3O2/c1-15-8-10-18(11-9-15)12-22-20(25)13-24(4)14-21(26)23-19-7-5-6-16(2)17(19)3/h5-11H,12-14H2,1-4H3,(H,22,25)(H,23,26). The lowest BCUT2D eigenvalue weighted by Gasteiger charge is -2.17. The second-order valence-electron chi connectivity index (χ2n) is 6.73. The number of hydrogen-bond donors (Lipinski definition) is 2. The summed E-state index contributed by atoms with van der Waals surface area (Å²) in [5.41, 5.74) is 5.24. The zero-order valence-electron chi connectivity index (χ0n) is 15.9. The highest BCUT2D eigenvalue weighted by Gasteiger charge is 2.12. The summed E-state index contributed by atoms with van der Waals surface area (Å²) in [5, 5.41) is 5.78. The van der Waals surface area contributed by atoms with Crippen LogP contribution >= 0.6 is 0 Å². The zero-order valence-corrected chi connectivity index (χ0v) is 15.9. The molecule has 2 rings (SSSR count). The molecule has 0 fully saturated rings. The first kappa shape index (κ1) is 19.7. The highest BCUT2D eigenvalue weighted by molar-refractivity contribution is 5.93. The van der Waals surface area contributed by atoms with Crippen molar-refractivity contribution >= 4 is 17.5 Å². The number of amides is 2. The van der Waals surface area contributed by atoms with Crippen molar-refractivity contribution in [1.82, 2.24) is 10.2 Å². The number of nitrogens with one attached hydrogen (secondary N) is 2. The van der Waals surface area contributed by atoms with Gasteiger partial charge in [0.2, 0.25) is 11.8 Å². The largest absolute Gasteiger partial charge is 0.351 e. The minimum Gasteiger partial charge on any atom is -0.351 e. The Morgan fingerprint density at radius 3 is 2.27 bits per heavy atom. The Bertz CT molecular complexity index is 769. The first-order valence-corrected chi connectivity index (χ1v) is 8.72. The van der Waals surface area contributed by atoms with Crippen molar-refractivity contribution in [3.8, 4) is 0 Å². The first-order valence-electron chi connectivity index (χ1n) is 8.72. The number of anilines is 1. The van der Waals surface area contributed by atoms with E-state index < -0.39 is 0 Å². The van der Waals surface area contributed by atoms with Crippen molar-refractivity contribution in [1.29, 1.82) is 0 Å². The van der Waals surface area contributed by atoms with Crippen LogP contribution in [-0.2, 0) is 16.1 Å². The predicted octanol–water partition coefficient (Wildman–Crippen LogP) is 2.80. The van der Waals surface area contributed by atoms with E-state index in [2.05, 4.69) is 10.6 Å². The molecular weight excluding hydrogens is 326 g/mol. The van der Waals surface area contributed by atoms with E-state index in [4.69, 9.17) is 0 Å². The first-order chi connectivity index (χ1) is 12.3. The summed E-state index contributed by atoms with van der Waals surface area (Å²) < 4.78 is 0. The SMILES string of the molecule is Cc1ccc(CNC(=O)CN(C)CC(=O)Nc2cccc(C)c2C)cc1. The maximum Gasteiger partial charge on any atom is 0.238 e. The van der Waals surface area contributed by atoms with Crippen LogP contribution in [0.3, 0.4) is 0 Å². The normalized spacial score (nSPS) is 10.7. The van der Waals surface area contributed by atoms with Crippen LogP contribution in [0.15, 0.2) is 42.5 Å². The number of nitrogens with zero attached hydrogens (tertiary/aromatic N) is 1. The zero-order chi connectivity index (χ0) is 19.1. The van der Waals surface area contributed by atoms with E-state index in [-0.39, 0.29) is 24.9 Å². The fourth-order valence-electron chi connectivity index (χ4n) is 2.58. The van der Waals surface area contributed by atoms with Gasteiger partial charge in [0.1, 0.15) is 0 Å². The van der Waals surface area contributed by atoms with E-state index in [1.165, 1.54) is 5.56 Å². The Balaban J connectivity index is 1.77. The van der Waals surface area contributed by atoms with Crippen molar-refractivity contribution in [3.05, 3.63) is 64.7 Å². The van der Waals surface area contributed by atoms with Crippen LogP contribution in [0.5, 0.6) is 0 Å². The molecule has 0 radical (unpaired) electrons. The Labute approximate surface area is 155 Å². The third kappa shape index (κ3) is 6.01. The smallest absolute Gasteiger partial charge is 0.238 e. The number of carbonyl (C=O) groups is 2. The molecule has 0 aromatic heterocycles. The molecule has 0 aliphatic heterocycles. The lowest BCUT2D eigenvalue weighted by atomic mass is 10.1. The summed E-state index contributed by atoms with van der Waals surface area (Å²) in [6.07, 6.45) is 0. The van der Waals surface area contributed by atoms with Crippen LogP contribution in [0.4, 0.5) is 5.69 Å². The lowest BCUT2D eigenvalue weighted by Crippen LogP contribution is -2.38. The van der Waals surface area contributed by atoms with Gasteiger partial charge in [-0.15, -0.1) is 0 Å². The molecule has 0 aliphatic carbocycles. The van der Waals surface area contributed by atoms with Gasteiger partial charge in [0.05, 0.1) is 13.1 Å². The van der Waals surface area contributed by atoms with Gasteiger partial charge in [-0.05, 0) is 50.6 Å². The number of rotatable bonds is 7. The molecule has 2 amide bonds. The topological polar surface area (TPSA) is 61.4 Å². The Kier molecular flexibility index (Phi) is 6.92. The minimum atomic E-state index is -0.132. The van der Waals surface area contributed by atoms with Crippen molar-refractivity contribution in [2.24, 2.45) is 0 Å². The maximum atomic E-state index is 12.2. The fourth-order valence-corrected chi connectivity index (χ4v) is 2.58. The molecule has 0 bridgehead atoms. The van der Waals surface area contributed by atoms with E-state index in [0.717, 1.165) is 22.4 Å². The van der Waals surface area contributed by atoms with Gasteiger partial charge in [0.15, 0.2) is 0 Å². The van der Waals surface area contributed by atoms with Gasteiger partial charge in [-0.3, -0.25) is 14.5 Å². The minimum absolute atomic E-state index is 0.104. The average Bonchev–Trinajstić information content (AvgIpc) is 2.58. The predicted molar refractivity (Wildman–Crippen MR) is 105 cm³/mol. The lowest BCUT2D eigenvalue weighted by molar-refractivity contribution is -0.123. The van der Waals surface area contributed by atoms with Gasteiger partial charge in [0.25, 0.3) is 0 Å². The number of aryl methyl sites for hydroxylation is 2. The van der Waals surface area contributed by atoms with Crippen LogP contribution in [0, 0.1) is 20.8 Å². The molecule has 0 atom stereocenters. The third-order valence-electron chi connectivity index (χ3n) is 4.32. The second kappa shape index (κ2) is 9.15. The molecule has 5 heteroatoms. The van der Waals surface area contributed by atoms with E-state index in [1.807, 2.05) is 63.2 Å². The quantitative estimate of drug-likeness (QED) is 0.805. The molecule has 138 valence electrons. The Morgan fingerprint density at radius 1 is 0.923 bits per heavy atom. The molecule has 0 spiro atoms. The molecular formula is C21H27N3O2. The number of hydrogen-bond acceptors (Lipinski definition) is 3. The summed E-state index contributed by atoms with van der Waals surface area (Å²) in [6.45, 7) is 6.84. The molecule has 0 unspecified atom stereocenters. The summed E-state index contributed by atoms with van der Waals surface area (Å²) in [5.74, 6) is -0.236. The highest BCUT2D eigenvalue weighted by atomic mass is 16.2. The molecule has 2 aromatic carbocycles. The van der Waals surface area contributed by atoms with Crippen molar-refractivity contribution in [3.63, 3.8) is 0 Å². The summed E-state index contributed by atoms with van der Waals surface area (Å²) >= 11 is 0. The molecule has 5 nitrogen and oxygen atoms in total. The van der Waals surface area contributed by atoms with Crippen LogP contribution in [-0.4, -0.2) is 36.9 Å².